The molecule has 6 heteroatoms. The van der Waals surface area contributed by atoms with Gasteiger partial charge in [-0.3, -0.25) is 10.1 Å². The number of piperidine rings is 1. The number of anilines is 1. The van der Waals surface area contributed by atoms with Crippen LogP contribution < -0.4 is 15.4 Å². The summed E-state index contributed by atoms with van der Waals surface area (Å²) < 4.78 is 5.41. The summed E-state index contributed by atoms with van der Waals surface area (Å²) in [5, 5.41) is 11.4. The molecule has 0 saturated carbocycles. The molecule has 2 unspecified atom stereocenters. The minimum atomic E-state index is -0.351. The number of hydrogen-bond donors (Lipinski definition) is 1. The summed E-state index contributed by atoms with van der Waals surface area (Å²) in [6.07, 6.45) is 1.84. The number of rotatable bonds is 5. The summed E-state index contributed by atoms with van der Waals surface area (Å²) in [4.78, 5) is 13.2. The Balaban J connectivity index is 2.34. The van der Waals surface area contributed by atoms with Crippen LogP contribution >= 0.6 is 0 Å². The topological polar surface area (TPSA) is 81.6 Å². The van der Waals surface area contributed by atoms with Crippen LogP contribution in [0.1, 0.15) is 26.7 Å². The van der Waals surface area contributed by atoms with E-state index in [9.17, 15) is 10.1 Å². The second kappa shape index (κ2) is 6.76. The fourth-order valence-corrected chi connectivity index (χ4v) is 2.92. The molecule has 116 valence electrons. The van der Waals surface area contributed by atoms with Crippen LogP contribution in [0.3, 0.4) is 0 Å². The van der Waals surface area contributed by atoms with Crippen LogP contribution in [0.5, 0.6) is 5.75 Å². The third-order valence-electron chi connectivity index (χ3n) is 4.12. The summed E-state index contributed by atoms with van der Waals surface area (Å²) >= 11 is 0. The van der Waals surface area contributed by atoms with Gasteiger partial charge in [-0.05, 0) is 31.4 Å². The molecule has 0 radical (unpaired) electrons. The van der Waals surface area contributed by atoms with Crippen LogP contribution in [-0.4, -0.2) is 30.7 Å². The summed E-state index contributed by atoms with van der Waals surface area (Å²) in [5.41, 5.74) is 6.82. The van der Waals surface area contributed by atoms with Gasteiger partial charge in [-0.25, -0.2) is 0 Å². The average molecular weight is 293 g/mol. The van der Waals surface area contributed by atoms with E-state index in [1.165, 1.54) is 0 Å². The molecule has 0 amide bonds. The molecule has 1 aliphatic heterocycles. The molecule has 0 aromatic heterocycles. The van der Waals surface area contributed by atoms with E-state index in [4.69, 9.17) is 10.5 Å². The SMILES string of the molecule is CCOc1cccc(N2CCC(N)C(CC)C2)c1[N+](=O)[O-]. The maximum Gasteiger partial charge on any atom is 0.333 e. The fraction of sp³-hybridized carbons (Fsp3) is 0.600. The predicted octanol–water partition coefficient (Wildman–Crippen LogP) is 2.56. The van der Waals surface area contributed by atoms with E-state index in [1.807, 2.05) is 13.0 Å². The first-order valence-electron chi connectivity index (χ1n) is 7.49. The molecule has 21 heavy (non-hydrogen) atoms. The maximum absolute atomic E-state index is 11.4. The Morgan fingerprint density at radius 1 is 1.48 bits per heavy atom. The van der Waals surface area contributed by atoms with Crippen LogP contribution in [0.4, 0.5) is 11.4 Å². The number of para-hydroxylation sites is 1. The molecule has 0 spiro atoms. The van der Waals surface area contributed by atoms with Crippen LogP contribution in [0, 0.1) is 16.0 Å². The average Bonchev–Trinajstić information content (AvgIpc) is 2.47. The first kappa shape index (κ1) is 15.6. The van der Waals surface area contributed by atoms with E-state index in [-0.39, 0.29) is 16.7 Å². The number of ether oxygens (including phenoxy) is 1. The molecular weight excluding hydrogens is 270 g/mol. The Morgan fingerprint density at radius 3 is 2.86 bits per heavy atom. The van der Waals surface area contributed by atoms with Crippen molar-refractivity contribution in [1.82, 2.24) is 0 Å². The molecule has 1 fully saturated rings. The quantitative estimate of drug-likeness (QED) is 0.666. The second-order valence-electron chi connectivity index (χ2n) is 5.38. The van der Waals surface area contributed by atoms with Crippen LogP contribution in [0.15, 0.2) is 18.2 Å². The summed E-state index contributed by atoms with van der Waals surface area (Å²) in [5.74, 6) is 0.706. The third-order valence-corrected chi connectivity index (χ3v) is 4.12. The molecule has 1 saturated heterocycles. The first-order chi connectivity index (χ1) is 10.1. The van der Waals surface area contributed by atoms with Crippen molar-refractivity contribution in [3.8, 4) is 5.75 Å². The van der Waals surface area contributed by atoms with Crippen molar-refractivity contribution in [1.29, 1.82) is 0 Å². The molecule has 0 bridgehead atoms. The smallest absolute Gasteiger partial charge is 0.333 e. The van der Waals surface area contributed by atoms with E-state index in [2.05, 4.69) is 11.8 Å². The van der Waals surface area contributed by atoms with E-state index >= 15 is 0 Å². The zero-order valence-corrected chi connectivity index (χ0v) is 12.6. The highest BCUT2D eigenvalue weighted by Crippen LogP contribution is 2.38. The number of nitrogens with two attached hydrogens (primary N) is 1. The van der Waals surface area contributed by atoms with Crippen molar-refractivity contribution < 1.29 is 9.66 Å². The fourth-order valence-electron chi connectivity index (χ4n) is 2.92. The van der Waals surface area contributed by atoms with Crippen molar-refractivity contribution >= 4 is 11.4 Å². The normalized spacial score (nSPS) is 22.1. The molecule has 0 aliphatic carbocycles. The number of benzene rings is 1. The van der Waals surface area contributed by atoms with Crippen molar-refractivity contribution in [3.05, 3.63) is 28.3 Å². The highest BCUT2D eigenvalue weighted by Gasteiger charge is 2.31. The molecule has 1 heterocycles. The lowest BCUT2D eigenvalue weighted by atomic mass is 9.90. The maximum atomic E-state index is 11.4. The number of hydrogen-bond acceptors (Lipinski definition) is 5. The van der Waals surface area contributed by atoms with E-state index in [0.29, 0.717) is 24.0 Å². The highest BCUT2D eigenvalue weighted by molar-refractivity contribution is 5.70. The van der Waals surface area contributed by atoms with E-state index in [1.54, 1.807) is 12.1 Å². The second-order valence-corrected chi connectivity index (χ2v) is 5.38. The predicted molar refractivity (Wildman–Crippen MR) is 82.9 cm³/mol. The van der Waals surface area contributed by atoms with Crippen LogP contribution in [0.25, 0.3) is 0 Å². The van der Waals surface area contributed by atoms with Gasteiger partial charge in [-0.2, -0.15) is 0 Å². The standard InChI is InChI=1S/C15H23N3O3/c1-3-11-10-17(9-8-12(11)16)13-6-5-7-14(21-4-2)15(13)18(19)20/h5-7,11-12H,3-4,8-10,16H2,1-2H3. The van der Waals surface area contributed by atoms with Crippen molar-refractivity contribution in [2.45, 2.75) is 32.7 Å². The van der Waals surface area contributed by atoms with Crippen molar-refractivity contribution in [2.75, 3.05) is 24.6 Å². The van der Waals surface area contributed by atoms with Gasteiger partial charge in [-0.1, -0.05) is 19.4 Å². The Hall–Kier alpha value is -1.82. The Labute approximate surface area is 125 Å². The molecule has 2 N–H and O–H groups in total. The molecule has 1 aromatic rings. The molecule has 1 aliphatic rings. The lowest BCUT2D eigenvalue weighted by Crippen LogP contribution is -2.47. The molecular formula is C15H23N3O3. The van der Waals surface area contributed by atoms with Gasteiger partial charge in [0.05, 0.1) is 11.5 Å². The Morgan fingerprint density at radius 2 is 2.24 bits per heavy atom. The molecule has 2 atom stereocenters. The van der Waals surface area contributed by atoms with Gasteiger partial charge in [-0.15, -0.1) is 0 Å². The summed E-state index contributed by atoms with van der Waals surface area (Å²) in [6, 6.07) is 5.44. The van der Waals surface area contributed by atoms with Gasteiger partial charge in [0, 0.05) is 19.1 Å². The minimum Gasteiger partial charge on any atom is -0.487 e. The van der Waals surface area contributed by atoms with Gasteiger partial charge in [0.2, 0.25) is 0 Å². The number of nitro benzene ring substituents is 1. The summed E-state index contributed by atoms with van der Waals surface area (Å²) in [7, 11) is 0. The van der Waals surface area contributed by atoms with E-state index < -0.39 is 0 Å². The van der Waals surface area contributed by atoms with Crippen molar-refractivity contribution in [2.24, 2.45) is 11.7 Å². The number of nitrogens with zero attached hydrogens (tertiary/aromatic N) is 2. The summed E-state index contributed by atoms with van der Waals surface area (Å²) in [6.45, 7) is 5.84. The Kier molecular flexibility index (Phi) is 5.01. The first-order valence-corrected chi connectivity index (χ1v) is 7.49. The lowest BCUT2D eigenvalue weighted by Gasteiger charge is -2.37. The Bertz CT molecular complexity index is 507. The van der Waals surface area contributed by atoms with Gasteiger partial charge in [0.25, 0.3) is 0 Å². The largest absolute Gasteiger partial charge is 0.487 e. The molecule has 2 rings (SSSR count). The highest BCUT2D eigenvalue weighted by atomic mass is 16.6. The minimum absolute atomic E-state index is 0.0599. The molecule has 1 aromatic carbocycles. The zero-order chi connectivity index (χ0) is 15.4. The van der Waals surface area contributed by atoms with Gasteiger partial charge < -0.3 is 15.4 Å². The van der Waals surface area contributed by atoms with Crippen LogP contribution in [0.2, 0.25) is 0 Å². The van der Waals surface area contributed by atoms with Gasteiger partial charge in [0.15, 0.2) is 5.75 Å². The number of nitro groups is 1. The van der Waals surface area contributed by atoms with Gasteiger partial charge in [0.1, 0.15) is 5.69 Å². The van der Waals surface area contributed by atoms with E-state index in [0.717, 1.165) is 25.9 Å². The third kappa shape index (κ3) is 3.26. The monoisotopic (exact) mass is 293 g/mol. The van der Waals surface area contributed by atoms with Crippen LogP contribution in [-0.2, 0) is 0 Å². The molecule has 6 nitrogen and oxygen atoms in total. The van der Waals surface area contributed by atoms with Gasteiger partial charge >= 0.3 is 5.69 Å². The zero-order valence-electron chi connectivity index (χ0n) is 12.6. The lowest BCUT2D eigenvalue weighted by molar-refractivity contribution is -0.385. The van der Waals surface area contributed by atoms with Crippen molar-refractivity contribution in [3.63, 3.8) is 0 Å².